The largest absolute Gasteiger partial charge is 0.378 e. The molecule has 0 aromatic heterocycles. The Bertz CT molecular complexity index is 901. The predicted octanol–water partition coefficient (Wildman–Crippen LogP) is 2.22. The van der Waals surface area contributed by atoms with E-state index in [2.05, 4.69) is 22.3 Å². The van der Waals surface area contributed by atoms with Crippen LogP contribution in [-0.4, -0.2) is 55.5 Å². The number of carbonyl (C=O) groups excluding carboxylic acids is 3. The Morgan fingerprint density at radius 3 is 2.20 bits per heavy atom. The van der Waals surface area contributed by atoms with Crippen molar-refractivity contribution in [3.05, 3.63) is 65.2 Å². The molecule has 7 heteroatoms. The zero-order valence-corrected chi connectivity index (χ0v) is 16.8. The van der Waals surface area contributed by atoms with E-state index in [0.29, 0.717) is 24.1 Å². The first kappa shape index (κ1) is 20.1. The maximum Gasteiger partial charge on any atom is 0.261 e. The third kappa shape index (κ3) is 4.36. The number of amides is 3. The molecule has 0 unspecified atom stereocenters. The highest BCUT2D eigenvalue weighted by Gasteiger charge is 2.34. The molecule has 1 N–H and O–H groups in total. The Kier molecular flexibility index (Phi) is 6.09. The van der Waals surface area contributed by atoms with Crippen molar-refractivity contribution in [3.8, 4) is 0 Å². The highest BCUT2D eigenvalue weighted by Crippen LogP contribution is 2.22. The summed E-state index contributed by atoms with van der Waals surface area (Å²) in [5.74, 6) is -0.656. The predicted molar refractivity (Wildman–Crippen MR) is 112 cm³/mol. The molecule has 1 fully saturated rings. The number of hydrogen-bond acceptors (Lipinski definition) is 5. The van der Waals surface area contributed by atoms with Crippen LogP contribution in [0.3, 0.4) is 0 Å². The number of nitrogens with one attached hydrogen (secondary N) is 1. The maximum atomic E-state index is 12.3. The van der Waals surface area contributed by atoms with E-state index >= 15 is 0 Å². The molecule has 30 heavy (non-hydrogen) atoms. The number of imide groups is 1. The highest BCUT2D eigenvalue weighted by molar-refractivity contribution is 6.21. The number of carbonyl (C=O) groups is 3. The number of anilines is 1. The molecule has 2 aliphatic rings. The molecule has 0 bridgehead atoms. The lowest BCUT2D eigenvalue weighted by atomic mass is 10.1. The molecule has 2 aromatic carbocycles. The summed E-state index contributed by atoms with van der Waals surface area (Å²) in [6.07, 6.45) is 0.701. The second-order valence-electron chi connectivity index (χ2n) is 7.45. The number of benzene rings is 2. The van der Waals surface area contributed by atoms with Crippen molar-refractivity contribution in [2.24, 2.45) is 0 Å². The molecule has 3 amide bonds. The summed E-state index contributed by atoms with van der Waals surface area (Å²) in [5.41, 5.74) is 3.06. The molecule has 0 radical (unpaired) electrons. The first-order valence-corrected chi connectivity index (χ1v) is 10.3. The molecule has 7 nitrogen and oxygen atoms in total. The van der Waals surface area contributed by atoms with Crippen molar-refractivity contribution in [1.29, 1.82) is 0 Å². The van der Waals surface area contributed by atoms with Gasteiger partial charge in [-0.05, 0) is 36.2 Å². The fourth-order valence-electron chi connectivity index (χ4n) is 3.78. The minimum absolute atomic E-state index is 0.0936. The van der Waals surface area contributed by atoms with E-state index in [0.717, 1.165) is 37.6 Å². The van der Waals surface area contributed by atoms with Crippen molar-refractivity contribution in [3.63, 3.8) is 0 Å². The summed E-state index contributed by atoms with van der Waals surface area (Å²) >= 11 is 0. The van der Waals surface area contributed by atoms with Crippen LogP contribution in [0.25, 0.3) is 0 Å². The van der Waals surface area contributed by atoms with Crippen molar-refractivity contribution >= 4 is 23.4 Å². The van der Waals surface area contributed by atoms with Gasteiger partial charge in [-0.15, -0.1) is 0 Å². The molecule has 1 saturated heterocycles. The normalized spacial score (nSPS) is 16.0. The summed E-state index contributed by atoms with van der Waals surface area (Å²) in [4.78, 5) is 40.3. The molecule has 2 aromatic rings. The fourth-order valence-corrected chi connectivity index (χ4v) is 3.78. The molecular weight excluding hydrogens is 382 g/mol. The Morgan fingerprint density at radius 1 is 0.933 bits per heavy atom. The first-order chi connectivity index (χ1) is 14.6. The van der Waals surface area contributed by atoms with E-state index in [1.807, 2.05) is 12.1 Å². The lowest BCUT2D eigenvalue weighted by molar-refractivity contribution is -0.121. The summed E-state index contributed by atoms with van der Waals surface area (Å²) in [5, 5.41) is 2.90. The quantitative estimate of drug-likeness (QED) is 0.712. The number of hydrogen-bond donors (Lipinski definition) is 1. The number of rotatable bonds is 7. The molecule has 0 spiro atoms. The van der Waals surface area contributed by atoms with Crippen LogP contribution < -0.4 is 10.2 Å². The highest BCUT2D eigenvalue weighted by atomic mass is 16.5. The van der Waals surface area contributed by atoms with Crippen LogP contribution in [0.5, 0.6) is 0 Å². The van der Waals surface area contributed by atoms with E-state index < -0.39 is 0 Å². The Hall–Kier alpha value is -3.19. The maximum absolute atomic E-state index is 12.3. The standard InChI is InChI=1S/C23H25N3O4/c27-21(6-3-11-26-22(28)19-4-1-2-5-20(19)23(26)29)24-16-17-7-9-18(10-8-17)25-12-14-30-15-13-25/h1-2,4-5,7-10H,3,6,11-16H2,(H,24,27). The van der Waals surface area contributed by atoms with Crippen molar-refractivity contribution < 1.29 is 19.1 Å². The van der Waals surface area contributed by atoms with Gasteiger partial charge in [0.2, 0.25) is 5.91 Å². The average molecular weight is 407 g/mol. The summed E-state index contributed by atoms with van der Waals surface area (Å²) < 4.78 is 5.37. The molecule has 0 atom stereocenters. The van der Waals surface area contributed by atoms with Gasteiger partial charge >= 0.3 is 0 Å². The van der Waals surface area contributed by atoms with E-state index in [4.69, 9.17) is 4.74 Å². The van der Waals surface area contributed by atoms with Crippen molar-refractivity contribution in [1.82, 2.24) is 10.2 Å². The second-order valence-corrected chi connectivity index (χ2v) is 7.45. The fraction of sp³-hybridized carbons (Fsp3) is 0.348. The van der Waals surface area contributed by atoms with Crippen LogP contribution in [0.1, 0.15) is 39.1 Å². The van der Waals surface area contributed by atoms with Gasteiger partial charge in [0.1, 0.15) is 0 Å². The van der Waals surface area contributed by atoms with Gasteiger partial charge < -0.3 is 15.0 Å². The molecule has 2 heterocycles. The number of nitrogens with zero attached hydrogens (tertiary/aromatic N) is 2. The number of ether oxygens (including phenoxy) is 1. The lowest BCUT2D eigenvalue weighted by Crippen LogP contribution is -2.36. The van der Waals surface area contributed by atoms with Gasteiger partial charge in [-0.25, -0.2) is 0 Å². The number of morpholine rings is 1. The van der Waals surface area contributed by atoms with E-state index in [1.165, 1.54) is 4.90 Å². The summed E-state index contributed by atoms with van der Waals surface area (Å²) in [6.45, 7) is 3.98. The van der Waals surface area contributed by atoms with E-state index in [9.17, 15) is 14.4 Å². The molecule has 0 aliphatic carbocycles. The van der Waals surface area contributed by atoms with Gasteiger partial charge in [0, 0.05) is 38.3 Å². The first-order valence-electron chi connectivity index (χ1n) is 10.3. The minimum Gasteiger partial charge on any atom is -0.378 e. The van der Waals surface area contributed by atoms with Crippen LogP contribution in [0, 0.1) is 0 Å². The van der Waals surface area contributed by atoms with Crippen LogP contribution in [0.2, 0.25) is 0 Å². The van der Waals surface area contributed by atoms with Gasteiger partial charge in [0.05, 0.1) is 24.3 Å². The Labute approximate surface area is 175 Å². The SMILES string of the molecule is O=C(CCCN1C(=O)c2ccccc2C1=O)NCc1ccc(N2CCOCC2)cc1. The Balaban J connectivity index is 1.20. The number of fused-ring (bicyclic) bond motifs is 1. The van der Waals surface area contributed by atoms with E-state index in [1.54, 1.807) is 24.3 Å². The van der Waals surface area contributed by atoms with Crippen molar-refractivity contribution in [2.75, 3.05) is 37.7 Å². The van der Waals surface area contributed by atoms with Crippen LogP contribution in [-0.2, 0) is 16.1 Å². The lowest BCUT2D eigenvalue weighted by Gasteiger charge is -2.28. The van der Waals surface area contributed by atoms with Crippen LogP contribution in [0.15, 0.2) is 48.5 Å². The van der Waals surface area contributed by atoms with E-state index in [-0.39, 0.29) is 30.7 Å². The topological polar surface area (TPSA) is 79.0 Å². The van der Waals surface area contributed by atoms with Gasteiger partial charge in [-0.3, -0.25) is 19.3 Å². The third-order valence-corrected chi connectivity index (χ3v) is 5.47. The molecule has 4 rings (SSSR count). The van der Waals surface area contributed by atoms with Crippen molar-refractivity contribution in [2.45, 2.75) is 19.4 Å². The van der Waals surface area contributed by atoms with Crippen LogP contribution >= 0.6 is 0 Å². The molecule has 2 aliphatic heterocycles. The zero-order chi connectivity index (χ0) is 20.9. The van der Waals surface area contributed by atoms with Gasteiger partial charge in [0.15, 0.2) is 0 Å². The molecule has 0 saturated carbocycles. The molecular formula is C23H25N3O4. The summed E-state index contributed by atoms with van der Waals surface area (Å²) in [7, 11) is 0. The van der Waals surface area contributed by atoms with Crippen LogP contribution in [0.4, 0.5) is 5.69 Å². The second kappa shape index (κ2) is 9.09. The smallest absolute Gasteiger partial charge is 0.261 e. The Morgan fingerprint density at radius 2 is 1.57 bits per heavy atom. The average Bonchev–Trinajstić information content (AvgIpc) is 3.04. The van der Waals surface area contributed by atoms with Gasteiger partial charge in [0.25, 0.3) is 11.8 Å². The van der Waals surface area contributed by atoms with Gasteiger partial charge in [-0.1, -0.05) is 24.3 Å². The molecule has 156 valence electrons. The zero-order valence-electron chi connectivity index (χ0n) is 16.8. The monoisotopic (exact) mass is 407 g/mol. The minimum atomic E-state index is -0.281. The van der Waals surface area contributed by atoms with Gasteiger partial charge in [-0.2, -0.15) is 0 Å². The third-order valence-electron chi connectivity index (χ3n) is 5.47. The summed E-state index contributed by atoms with van der Waals surface area (Å²) in [6, 6.07) is 15.0.